The lowest BCUT2D eigenvalue weighted by atomic mass is 9.84. The first-order valence-corrected chi connectivity index (χ1v) is 12.6. The van der Waals surface area contributed by atoms with Gasteiger partial charge in [0.2, 0.25) is 0 Å². The van der Waals surface area contributed by atoms with Crippen molar-refractivity contribution in [3.8, 4) is 22.7 Å². The second-order valence-electron chi connectivity index (χ2n) is 10.0. The molecule has 0 aliphatic carbocycles. The minimum absolute atomic E-state index is 0.0509. The number of aromatic nitrogens is 2. The third kappa shape index (κ3) is 4.65. The Morgan fingerprint density at radius 3 is 1.56 bits per heavy atom. The van der Waals surface area contributed by atoms with E-state index in [-0.39, 0.29) is 22.2 Å². The molecule has 43 heavy (non-hydrogen) atoms. The fourth-order valence-corrected chi connectivity index (χ4v) is 5.52. The topological polar surface area (TPSA) is 38.9 Å². The molecule has 0 unspecified atom stereocenters. The van der Waals surface area contributed by atoms with Crippen molar-refractivity contribution in [2.24, 2.45) is 0 Å². The average Bonchev–Trinajstić information content (AvgIpc) is 3.35. The number of furan rings is 1. The van der Waals surface area contributed by atoms with Gasteiger partial charge in [0.1, 0.15) is 17.0 Å². The highest BCUT2D eigenvalue weighted by Gasteiger charge is 2.53. The van der Waals surface area contributed by atoms with Gasteiger partial charge in [0.15, 0.2) is 5.76 Å². The van der Waals surface area contributed by atoms with E-state index in [1.807, 2.05) is 0 Å². The maximum absolute atomic E-state index is 14.6. The van der Waals surface area contributed by atoms with Crippen LogP contribution in [-0.4, -0.2) is 10.2 Å². The molecule has 0 aliphatic rings. The maximum atomic E-state index is 14.6. The molecule has 0 aliphatic heterocycles. The van der Waals surface area contributed by atoms with Crippen molar-refractivity contribution in [2.75, 3.05) is 0 Å². The van der Waals surface area contributed by atoms with Gasteiger partial charge in [-0.25, -0.2) is 0 Å². The van der Waals surface area contributed by atoms with Crippen molar-refractivity contribution in [3.05, 3.63) is 94.5 Å². The number of alkyl halides is 9. The van der Waals surface area contributed by atoms with Crippen LogP contribution in [0, 0.1) is 13.8 Å². The molecule has 0 fully saturated rings. The SMILES string of the molecule is Cc1c(C)c(C(F)(F)F)c(C(F)(F)F)c(C(F)(F)F)c1-c1nnc(-c2cc3ccccc3o2)c2cc3ccccc3cc12. The third-order valence-corrected chi connectivity index (χ3v) is 7.45. The molecule has 12 heteroatoms. The van der Waals surface area contributed by atoms with Gasteiger partial charge in [-0.15, -0.1) is 10.2 Å². The van der Waals surface area contributed by atoms with E-state index in [2.05, 4.69) is 10.2 Å². The van der Waals surface area contributed by atoms with E-state index < -0.39 is 57.6 Å². The monoisotopic (exact) mass is 604 g/mol. The molecule has 220 valence electrons. The van der Waals surface area contributed by atoms with E-state index in [0.717, 1.165) is 6.92 Å². The van der Waals surface area contributed by atoms with E-state index in [1.165, 1.54) is 6.07 Å². The summed E-state index contributed by atoms with van der Waals surface area (Å²) in [5.74, 6) is 0.188. The van der Waals surface area contributed by atoms with Crippen molar-refractivity contribution in [1.29, 1.82) is 0 Å². The van der Waals surface area contributed by atoms with E-state index in [0.29, 0.717) is 28.7 Å². The van der Waals surface area contributed by atoms with Crippen LogP contribution in [0.1, 0.15) is 27.8 Å². The van der Waals surface area contributed by atoms with Gasteiger partial charge in [-0.05, 0) is 60.0 Å². The Bertz CT molecular complexity index is 2040. The molecule has 2 aromatic heterocycles. The van der Waals surface area contributed by atoms with Crippen LogP contribution in [0.5, 0.6) is 0 Å². The van der Waals surface area contributed by atoms with Crippen LogP contribution in [0.3, 0.4) is 0 Å². The van der Waals surface area contributed by atoms with E-state index >= 15 is 0 Å². The molecular weight excluding hydrogens is 587 g/mol. The van der Waals surface area contributed by atoms with Crippen LogP contribution >= 0.6 is 0 Å². The zero-order valence-corrected chi connectivity index (χ0v) is 22.1. The summed E-state index contributed by atoms with van der Waals surface area (Å²) in [6.07, 6.45) is -17.6. The summed E-state index contributed by atoms with van der Waals surface area (Å²) >= 11 is 0. The number of benzene rings is 4. The summed E-state index contributed by atoms with van der Waals surface area (Å²) in [6, 6.07) is 18.3. The van der Waals surface area contributed by atoms with Crippen molar-refractivity contribution in [1.82, 2.24) is 10.2 Å². The van der Waals surface area contributed by atoms with Gasteiger partial charge in [0.05, 0.1) is 16.7 Å². The number of hydrogen-bond acceptors (Lipinski definition) is 3. The first-order valence-electron chi connectivity index (χ1n) is 12.6. The van der Waals surface area contributed by atoms with Gasteiger partial charge < -0.3 is 4.42 Å². The number of para-hydroxylation sites is 1. The normalized spacial score (nSPS) is 13.0. The summed E-state index contributed by atoms with van der Waals surface area (Å²) < 4.78 is 134. The smallest absolute Gasteiger partial charge is 0.417 e. The molecule has 0 atom stereocenters. The van der Waals surface area contributed by atoms with Crippen LogP contribution in [0.15, 0.2) is 71.1 Å². The molecule has 0 saturated carbocycles. The standard InChI is InChI=1S/C31H17F9N2O/c1-14-15(2)24(29(32,33)34)26(31(38,39)40)25(30(35,36)37)23(14)28-20-12-17-8-4-3-7-16(17)11-19(20)27(41-42-28)22-13-18-9-5-6-10-21(18)43-22/h3-13H,1-2H3. The predicted molar refractivity (Wildman–Crippen MR) is 142 cm³/mol. The van der Waals surface area contributed by atoms with Crippen LogP contribution in [0.25, 0.3) is 55.2 Å². The molecular formula is C31H17F9N2O. The van der Waals surface area contributed by atoms with Crippen molar-refractivity contribution >= 4 is 32.5 Å². The van der Waals surface area contributed by atoms with Crippen LogP contribution in [-0.2, 0) is 18.5 Å². The zero-order valence-electron chi connectivity index (χ0n) is 22.1. The Labute approximate surface area is 236 Å². The molecule has 0 bridgehead atoms. The van der Waals surface area contributed by atoms with Crippen molar-refractivity contribution in [3.63, 3.8) is 0 Å². The van der Waals surface area contributed by atoms with Crippen molar-refractivity contribution < 1.29 is 43.9 Å². The van der Waals surface area contributed by atoms with Gasteiger partial charge in [0.25, 0.3) is 0 Å². The van der Waals surface area contributed by atoms with Gasteiger partial charge in [-0.1, -0.05) is 42.5 Å². The minimum atomic E-state index is -6.01. The van der Waals surface area contributed by atoms with E-state index in [4.69, 9.17) is 4.42 Å². The summed E-state index contributed by atoms with van der Waals surface area (Å²) in [6.45, 7) is 1.63. The molecule has 6 aromatic rings. The fourth-order valence-electron chi connectivity index (χ4n) is 5.52. The molecule has 0 saturated heterocycles. The van der Waals surface area contributed by atoms with Crippen LogP contribution in [0.2, 0.25) is 0 Å². The molecule has 3 nitrogen and oxygen atoms in total. The van der Waals surface area contributed by atoms with Crippen molar-refractivity contribution in [2.45, 2.75) is 32.4 Å². The molecule has 6 rings (SSSR count). The molecule has 2 heterocycles. The lowest BCUT2D eigenvalue weighted by Gasteiger charge is -2.27. The van der Waals surface area contributed by atoms with Crippen LogP contribution < -0.4 is 0 Å². The first-order chi connectivity index (χ1) is 20.1. The number of fused-ring (bicyclic) bond motifs is 3. The fraction of sp³-hybridized carbons (Fsp3) is 0.161. The largest absolute Gasteiger partial charge is 0.454 e. The summed E-state index contributed by atoms with van der Waals surface area (Å²) in [5.41, 5.74) is -10.6. The molecule has 0 N–H and O–H groups in total. The lowest BCUT2D eigenvalue weighted by molar-refractivity contribution is -0.174. The zero-order chi connectivity index (χ0) is 31.1. The Kier molecular flexibility index (Phi) is 6.26. The number of hydrogen-bond donors (Lipinski definition) is 0. The predicted octanol–water partition coefficient (Wildman–Crippen LogP) is 10.5. The summed E-state index contributed by atoms with van der Waals surface area (Å²) in [7, 11) is 0. The second-order valence-corrected chi connectivity index (χ2v) is 10.0. The minimum Gasteiger partial charge on any atom is -0.454 e. The summed E-state index contributed by atoms with van der Waals surface area (Å²) in [5, 5.41) is 10.0. The number of nitrogens with zero attached hydrogens (tertiary/aromatic N) is 2. The van der Waals surface area contributed by atoms with Gasteiger partial charge >= 0.3 is 18.5 Å². The van der Waals surface area contributed by atoms with Gasteiger partial charge in [-0.2, -0.15) is 39.5 Å². The Hall–Kier alpha value is -4.61. The Morgan fingerprint density at radius 2 is 1.02 bits per heavy atom. The first kappa shape index (κ1) is 28.5. The molecule has 0 amide bonds. The molecule has 4 aromatic carbocycles. The quantitative estimate of drug-likeness (QED) is 0.146. The van der Waals surface area contributed by atoms with E-state index in [1.54, 1.807) is 60.7 Å². The number of halogens is 9. The summed E-state index contributed by atoms with van der Waals surface area (Å²) in [4.78, 5) is 0. The third-order valence-electron chi connectivity index (χ3n) is 7.45. The van der Waals surface area contributed by atoms with Crippen LogP contribution in [0.4, 0.5) is 39.5 Å². The Balaban J connectivity index is 1.80. The van der Waals surface area contributed by atoms with Gasteiger partial charge in [0, 0.05) is 21.7 Å². The average molecular weight is 604 g/mol. The highest BCUT2D eigenvalue weighted by atomic mass is 19.4. The van der Waals surface area contributed by atoms with Gasteiger partial charge in [-0.3, -0.25) is 0 Å². The molecule has 0 spiro atoms. The molecule has 0 radical (unpaired) electrons. The highest BCUT2D eigenvalue weighted by Crippen LogP contribution is 2.53. The maximum Gasteiger partial charge on any atom is 0.417 e. The second kappa shape index (κ2) is 9.45. The highest BCUT2D eigenvalue weighted by molar-refractivity contribution is 6.09. The van der Waals surface area contributed by atoms with E-state index in [9.17, 15) is 39.5 Å². The lowest BCUT2D eigenvalue weighted by Crippen LogP contribution is -2.26. The Morgan fingerprint density at radius 1 is 0.535 bits per heavy atom. The number of rotatable bonds is 2.